The monoisotopic (exact) mass is 350 g/mol. The largest absolute Gasteiger partial charge is 0.370 e. The van der Waals surface area contributed by atoms with Crippen molar-refractivity contribution in [3.05, 3.63) is 29.8 Å². The van der Waals surface area contributed by atoms with Crippen molar-refractivity contribution in [2.24, 2.45) is 10.7 Å². The molecule has 0 spiro atoms. The summed E-state index contributed by atoms with van der Waals surface area (Å²) in [5.41, 5.74) is 6.88. The van der Waals surface area contributed by atoms with Crippen LogP contribution in [0.1, 0.15) is 50.5 Å². The number of sulfonamides is 1. The molecule has 132 valence electrons. The topological polar surface area (TPSA) is 96.6 Å². The highest BCUT2D eigenvalue weighted by atomic mass is 32.2. The third-order valence-corrected chi connectivity index (χ3v) is 6.06. The van der Waals surface area contributed by atoms with Crippen LogP contribution in [0.4, 0.5) is 0 Å². The maximum absolute atomic E-state index is 12.1. The van der Waals surface area contributed by atoms with Gasteiger partial charge >= 0.3 is 0 Å². The number of benzene rings is 1. The average Bonchev–Trinajstić information content (AvgIpc) is 3.37. The van der Waals surface area contributed by atoms with E-state index in [0.29, 0.717) is 23.4 Å². The van der Waals surface area contributed by atoms with Gasteiger partial charge in [-0.1, -0.05) is 31.4 Å². The zero-order valence-corrected chi connectivity index (χ0v) is 14.7. The maximum Gasteiger partial charge on any atom is 0.240 e. The molecule has 0 amide bonds. The first kappa shape index (κ1) is 17.2. The summed E-state index contributed by atoms with van der Waals surface area (Å²) in [6, 6.07) is 7.38. The van der Waals surface area contributed by atoms with E-state index in [2.05, 4.69) is 15.0 Å². The molecule has 2 fully saturated rings. The SMILES string of the molecule is NC(=NCc1ccc(S(=O)(=O)NC2CC2)cc1)NC1CCCCC1. The van der Waals surface area contributed by atoms with E-state index < -0.39 is 10.0 Å². The summed E-state index contributed by atoms with van der Waals surface area (Å²) in [5.74, 6) is 0.467. The zero-order valence-electron chi connectivity index (χ0n) is 13.9. The molecule has 4 N–H and O–H groups in total. The zero-order chi connectivity index (χ0) is 17.0. The van der Waals surface area contributed by atoms with Crippen LogP contribution in [0.25, 0.3) is 0 Å². The van der Waals surface area contributed by atoms with Crippen LogP contribution in [0, 0.1) is 0 Å². The highest BCUT2D eigenvalue weighted by molar-refractivity contribution is 7.89. The number of aliphatic imine (C=N–C) groups is 1. The van der Waals surface area contributed by atoms with Crippen LogP contribution >= 0.6 is 0 Å². The molecule has 0 aliphatic heterocycles. The Bertz CT molecular complexity index is 675. The lowest BCUT2D eigenvalue weighted by Crippen LogP contribution is -2.41. The molecule has 2 aliphatic rings. The van der Waals surface area contributed by atoms with Crippen LogP contribution < -0.4 is 15.8 Å². The molecule has 1 aromatic carbocycles. The molecule has 7 heteroatoms. The van der Waals surface area contributed by atoms with E-state index in [0.717, 1.165) is 31.2 Å². The molecule has 0 aromatic heterocycles. The summed E-state index contributed by atoms with van der Waals surface area (Å²) >= 11 is 0. The predicted molar refractivity (Wildman–Crippen MR) is 95.1 cm³/mol. The van der Waals surface area contributed by atoms with E-state index in [9.17, 15) is 8.42 Å². The van der Waals surface area contributed by atoms with Crippen molar-refractivity contribution in [3.8, 4) is 0 Å². The van der Waals surface area contributed by atoms with E-state index in [1.807, 2.05) is 0 Å². The molecule has 1 aromatic rings. The van der Waals surface area contributed by atoms with Gasteiger partial charge in [0.15, 0.2) is 5.96 Å². The van der Waals surface area contributed by atoms with Gasteiger partial charge in [0.2, 0.25) is 10.0 Å². The van der Waals surface area contributed by atoms with Crippen LogP contribution in [0.15, 0.2) is 34.2 Å². The van der Waals surface area contributed by atoms with Gasteiger partial charge in [0.25, 0.3) is 0 Å². The van der Waals surface area contributed by atoms with Crippen molar-refractivity contribution in [1.29, 1.82) is 0 Å². The molecular weight excluding hydrogens is 324 g/mol. The van der Waals surface area contributed by atoms with Crippen molar-refractivity contribution < 1.29 is 8.42 Å². The van der Waals surface area contributed by atoms with Gasteiger partial charge in [0, 0.05) is 12.1 Å². The van der Waals surface area contributed by atoms with Gasteiger partial charge in [-0.25, -0.2) is 18.1 Å². The summed E-state index contributed by atoms with van der Waals surface area (Å²) < 4.78 is 26.9. The molecular formula is C17H26N4O2S. The summed E-state index contributed by atoms with van der Waals surface area (Å²) in [5, 5.41) is 3.28. The second kappa shape index (κ2) is 7.53. The minimum Gasteiger partial charge on any atom is -0.370 e. The normalized spacial score (nSPS) is 20.1. The fourth-order valence-electron chi connectivity index (χ4n) is 2.94. The third kappa shape index (κ3) is 4.95. The van der Waals surface area contributed by atoms with Crippen LogP contribution in [0.2, 0.25) is 0 Å². The molecule has 0 radical (unpaired) electrons. The maximum atomic E-state index is 12.1. The van der Waals surface area contributed by atoms with Crippen molar-refractivity contribution in [2.75, 3.05) is 0 Å². The Balaban J connectivity index is 1.54. The third-order valence-electron chi connectivity index (χ3n) is 4.52. The molecule has 0 heterocycles. The first-order valence-electron chi connectivity index (χ1n) is 8.71. The van der Waals surface area contributed by atoms with Gasteiger partial charge in [0.1, 0.15) is 0 Å². The average molecular weight is 350 g/mol. The second-order valence-corrected chi connectivity index (χ2v) is 8.43. The summed E-state index contributed by atoms with van der Waals surface area (Å²) in [6.45, 7) is 0.446. The molecule has 3 rings (SSSR count). The number of hydrogen-bond donors (Lipinski definition) is 3. The Kier molecular flexibility index (Phi) is 5.40. The van der Waals surface area contributed by atoms with Crippen LogP contribution in [0.5, 0.6) is 0 Å². The summed E-state index contributed by atoms with van der Waals surface area (Å²) in [7, 11) is -3.39. The van der Waals surface area contributed by atoms with E-state index in [1.165, 1.54) is 19.3 Å². The molecule has 6 nitrogen and oxygen atoms in total. The number of rotatable bonds is 6. The Morgan fingerprint density at radius 1 is 1.04 bits per heavy atom. The Labute approximate surface area is 144 Å². The molecule has 0 unspecified atom stereocenters. The van der Waals surface area contributed by atoms with E-state index >= 15 is 0 Å². The quantitative estimate of drug-likeness (QED) is 0.539. The van der Waals surface area contributed by atoms with Crippen LogP contribution in [-0.2, 0) is 16.6 Å². The first-order valence-corrected chi connectivity index (χ1v) is 10.2. The molecule has 24 heavy (non-hydrogen) atoms. The van der Waals surface area contributed by atoms with E-state index in [4.69, 9.17) is 5.73 Å². The van der Waals surface area contributed by atoms with Gasteiger partial charge in [-0.15, -0.1) is 0 Å². The number of nitrogens with two attached hydrogens (primary N) is 1. The van der Waals surface area contributed by atoms with Crippen molar-refractivity contribution in [3.63, 3.8) is 0 Å². The number of nitrogens with zero attached hydrogens (tertiary/aromatic N) is 1. The highest BCUT2D eigenvalue weighted by Gasteiger charge is 2.27. The Hall–Kier alpha value is -1.60. The second-order valence-electron chi connectivity index (χ2n) is 6.72. The lowest BCUT2D eigenvalue weighted by molar-refractivity contribution is 0.412. The highest BCUT2D eigenvalue weighted by Crippen LogP contribution is 2.22. The molecule has 2 saturated carbocycles. The van der Waals surface area contributed by atoms with Crippen LogP contribution in [-0.4, -0.2) is 26.5 Å². The molecule has 2 aliphatic carbocycles. The minimum absolute atomic E-state index is 0.116. The molecule has 0 bridgehead atoms. The Morgan fingerprint density at radius 2 is 1.71 bits per heavy atom. The molecule has 0 saturated heterocycles. The smallest absolute Gasteiger partial charge is 0.240 e. The number of nitrogens with one attached hydrogen (secondary N) is 2. The lowest BCUT2D eigenvalue weighted by Gasteiger charge is -2.23. The Morgan fingerprint density at radius 3 is 2.33 bits per heavy atom. The van der Waals surface area contributed by atoms with E-state index in [1.54, 1.807) is 24.3 Å². The standard InChI is InChI=1S/C17H26N4O2S/c18-17(20-14-4-2-1-3-5-14)19-12-13-6-10-16(11-7-13)24(22,23)21-15-8-9-15/h6-7,10-11,14-15,21H,1-5,8-9,12H2,(H3,18,19,20). The van der Waals surface area contributed by atoms with E-state index in [-0.39, 0.29) is 6.04 Å². The van der Waals surface area contributed by atoms with Gasteiger partial charge in [-0.05, 0) is 43.4 Å². The predicted octanol–water partition coefficient (Wildman–Crippen LogP) is 1.86. The van der Waals surface area contributed by atoms with Crippen molar-refractivity contribution in [2.45, 2.75) is 68.5 Å². The van der Waals surface area contributed by atoms with Crippen molar-refractivity contribution in [1.82, 2.24) is 10.0 Å². The lowest BCUT2D eigenvalue weighted by atomic mass is 9.96. The van der Waals surface area contributed by atoms with Gasteiger partial charge in [-0.3, -0.25) is 0 Å². The van der Waals surface area contributed by atoms with Gasteiger partial charge < -0.3 is 11.1 Å². The fourth-order valence-corrected chi connectivity index (χ4v) is 4.25. The first-order chi connectivity index (χ1) is 11.5. The van der Waals surface area contributed by atoms with Gasteiger partial charge in [-0.2, -0.15) is 0 Å². The minimum atomic E-state index is -3.39. The van der Waals surface area contributed by atoms with Crippen molar-refractivity contribution >= 4 is 16.0 Å². The fraction of sp³-hybridized carbons (Fsp3) is 0.588. The van der Waals surface area contributed by atoms with Crippen LogP contribution in [0.3, 0.4) is 0 Å². The number of guanidine groups is 1. The summed E-state index contributed by atoms with van der Waals surface area (Å²) in [4.78, 5) is 4.66. The number of hydrogen-bond acceptors (Lipinski definition) is 3. The molecule has 0 atom stereocenters. The summed E-state index contributed by atoms with van der Waals surface area (Å²) in [6.07, 6.45) is 7.96. The van der Waals surface area contributed by atoms with Gasteiger partial charge in [0.05, 0.1) is 11.4 Å².